The summed E-state index contributed by atoms with van der Waals surface area (Å²) in [5.74, 6) is -2.42. The second-order valence-electron chi connectivity index (χ2n) is 10.3. The quantitative estimate of drug-likeness (QED) is 0.372. The van der Waals surface area contributed by atoms with Gasteiger partial charge in [0.05, 0.1) is 18.2 Å². The average molecular weight is 604 g/mol. The monoisotopic (exact) mass is 603 g/mol. The van der Waals surface area contributed by atoms with Crippen molar-refractivity contribution >= 4 is 33.4 Å². The van der Waals surface area contributed by atoms with E-state index in [0.717, 1.165) is 19.1 Å². The lowest BCUT2D eigenvalue weighted by molar-refractivity contribution is -0.138. The van der Waals surface area contributed by atoms with Crippen molar-refractivity contribution in [2.45, 2.75) is 56.3 Å². The molecule has 1 aliphatic carbocycles. The number of amides is 2. The number of nitrogens with one attached hydrogen (secondary N) is 2. The number of aromatic amines is 1. The molecule has 2 aromatic carbocycles. The normalized spacial score (nSPS) is 22.9. The molecule has 0 saturated heterocycles. The second kappa shape index (κ2) is 11.8. The van der Waals surface area contributed by atoms with Crippen LogP contribution in [0.3, 0.4) is 0 Å². The van der Waals surface area contributed by atoms with Crippen LogP contribution in [0.25, 0.3) is 0 Å². The minimum absolute atomic E-state index is 0.0826. The van der Waals surface area contributed by atoms with Gasteiger partial charge in [-0.25, -0.2) is 23.0 Å². The molecule has 218 valence electrons. The van der Waals surface area contributed by atoms with Crippen LogP contribution in [0.2, 0.25) is 5.02 Å². The number of fused-ring (bicyclic) bond motifs is 1. The molecule has 0 unspecified atom stereocenters. The molecule has 3 aromatic rings. The maximum absolute atomic E-state index is 14.3. The van der Waals surface area contributed by atoms with Crippen LogP contribution in [0.1, 0.15) is 65.0 Å². The third-order valence-electron chi connectivity index (χ3n) is 7.78. The van der Waals surface area contributed by atoms with Gasteiger partial charge in [0, 0.05) is 29.7 Å². The molecule has 1 saturated carbocycles. The zero-order valence-electron chi connectivity index (χ0n) is 22.4. The first kappa shape index (κ1) is 29.0. The third-order valence-corrected chi connectivity index (χ3v) is 9.35. The van der Waals surface area contributed by atoms with E-state index in [1.54, 1.807) is 53.4 Å². The van der Waals surface area contributed by atoms with Crippen LogP contribution in [0.15, 0.2) is 57.8 Å². The molecule has 1 aromatic heterocycles. The van der Waals surface area contributed by atoms with Gasteiger partial charge in [-0.3, -0.25) is 23.9 Å². The highest BCUT2D eigenvalue weighted by molar-refractivity contribution is 7.88. The summed E-state index contributed by atoms with van der Waals surface area (Å²) in [4.78, 5) is 48.8. The van der Waals surface area contributed by atoms with E-state index in [1.165, 1.54) is 11.4 Å². The van der Waals surface area contributed by atoms with E-state index in [9.17, 15) is 22.8 Å². The highest BCUT2D eigenvalue weighted by Crippen LogP contribution is 2.46. The summed E-state index contributed by atoms with van der Waals surface area (Å²) in [6, 6.07) is 12.0. The number of H-pyrrole nitrogens is 1. The number of benzene rings is 2. The molecule has 2 aliphatic rings. The van der Waals surface area contributed by atoms with Crippen LogP contribution < -0.4 is 11.2 Å². The summed E-state index contributed by atoms with van der Waals surface area (Å²) >= 11 is 6.20. The smallest absolute Gasteiger partial charge is 0.326 e. The Hall–Kier alpha value is -3.52. The standard InChI is InChI=1S/C27H30ClN5O7S/c1-32(41(2,37)38)20-9-5-6-10-21(20)33-24(16-11-13-17(28)14-12-16)23(18-7-3-4-8-19(18)26(33)35)25(34)31-39-15-22-29-27(36)40-30-22/h3-4,7-8,11-14,20-21,23-24H,5-6,9-10,15H2,1-2H3,(H,31,34)(H,29,30,36)/t20-,21-,23+,24-/m0/s1. The molecule has 0 bridgehead atoms. The van der Waals surface area contributed by atoms with Crippen LogP contribution in [0.5, 0.6) is 0 Å². The predicted octanol–water partition coefficient (Wildman–Crippen LogP) is 2.75. The average Bonchev–Trinajstić information content (AvgIpc) is 3.37. The van der Waals surface area contributed by atoms with Crippen LogP contribution >= 0.6 is 11.6 Å². The minimum atomic E-state index is -3.57. The van der Waals surface area contributed by atoms with E-state index >= 15 is 0 Å². The van der Waals surface area contributed by atoms with Gasteiger partial charge in [0.15, 0.2) is 5.82 Å². The lowest BCUT2D eigenvalue weighted by Gasteiger charge is -2.50. The summed E-state index contributed by atoms with van der Waals surface area (Å²) in [6.07, 6.45) is 3.90. The molecular weight excluding hydrogens is 574 g/mol. The molecular formula is C27H30ClN5O7S. The Kier molecular flexibility index (Phi) is 8.32. The molecule has 4 atom stereocenters. The Labute approximate surface area is 241 Å². The van der Waals surface area contributed by atoms with Gasteiger partial charge in [0.1, 0.15) is 6.61 Å². The van der Waals surface area contributed by atoms with E-state index < -0.39 is 45.7 Å². The summed E-state index contributed by atoms with van der Waals surface area (Å²) < 4.78 is 31.1. The van der Waals surface area contributed by atoms with Crippen molar-refractivity contribution in [2.75, 3.05) is 13.3 Å². The Morgan fingerprint density at radius 1 is 1.17 bits per heavy atom. The number of halogens is 1. The number of carbonyl (C=O) groups is 2. The van der Waals surface area contributed by atoms with Crippen LogP contribution in [0, 0.1) is 0 Å². The second-order valence-corrected chi connectivity index (χ2v) is 12.7. The van der Waals surface area contributed by atoms with Crippen molar-refractivity contribution in [1.82, 2.24) is 24.8 Å². The zero-order valence-corrected chi connectivity index (χ0v) is 24.0. The van der Waals surface area contributed by atoms with Crippen LogP contribution in [-0.2, 0) is 26.3 Å². The van der Waals surface area contributed by atoms with Crippen molar-refractivity contribution < 1.29 is 27.4 Å². The van der Waals surface area contributed by atoms with Gasteiger partial charge in [0.25, 0.3) is 11.8 Å². The number of likely N-dealkylation sites (N-methyl/N-ethyl adjacent to an activating group) is 1. The Bertz CT molecular complexity index is 1590. The van der Waals surface area contributed by atoms with Gasteiger partial charge in [-0.05, 0) is 42.2 Å². The van der Waals surface area contributed by atoms with Crippen molar-refractivity contribution in [1.29, 1.82) is 0 Å². The van der Waals surface area contributed by atoms with E-state index in [-0.39, 0.29) is 18.3 Å². The molecule has 2 amide bonds. The third kappa shape index (κ3) is 5.94. The van der Waals surface area contributed by atoms with E-state index in [0.29, 0.717) is 34.6 Å². The Balaban J connectivity index is 1.59. The SMILES string of the molecule is CN([C@H]1CCCC[C@@H]1N1C(=O)c2ccccc2[C@@H](C(=O)NOCc2noc(=O)[nH]2)[C@@H]1c1ccc(Cl)cc1)S(C)(=O)=O. The largest absolute Gasteiger partial charge is 0.438 e. The van der Waals surface area contributed by atoms with Crippen LogP contribution in [0.4, 0.5) is 0 Å². The molecule has 0 spiro atoms. The fraction of sp³-hybridized carbons (Fsp3) is 0.407. The minimum Gasteiger partial charge on any atom is -0.326 e. The van der Waals surface area contributed by atoms with E-state index in [2.05, 4.69) is 20.1 Å². The van der Waals surface area contributed by atoms with Gasteiger partial charge in [0.2, 0.25) is 10.0 Å². The predicted molar refractivity (Wildman–Crippen MR) is 148 cm³/mol. The van der Waals surface area contributed by atoms with E-state index in [4.69, 9.17) is 16.4 Å². The number of rotatable bonds is 8. The number of hydroxylamine groups is 1. The highest BCUT2D eigenvalue weighted by Gasteiger charge is 2.49. The Morgan fingerprint density at radius 3 is 2.56 bits per heavy atom. The summed E-state index contributed by atoms with van der Waals surface area (Å²) in [7, 11) is -2.03. The van der Waals surface area contributed by atoms with Crippen molar-refractivity contribution in [3.8, 4) is 0 Å². The van der Waals surface area contributed by atoms with Crippen molar-refractivity contribution in [3.63, 3.8) is 0 Å². The molecule has 1 aliphatic heterocycles. The fourth-order valence-corrected chi connectivity index (χ4v) is 6.73. The van der Waals surface area contributed by atoms with Gasteiger partial charge in [-0.1, -0.05) is 59.9 Å². The highest BCUT2D eigenvalue weighted by atomic mass is 35.5. The van der Waals surface area contributed by atoms with Crippen molar-refractivity contribution in [3.05, 3.63) is 86.6 Å². The van der Waals surface area contributed by atoms with Gasteiger partial charge >= 0.3 is 5.76 Å². The molecule has 14 heteroatoms. The summed E-state index contributed by atoms with van der Waals surface area (Å²) in [6.45, 7) is -0.260. The van der Waals surface area contributed by atoms with Crippen LogP contribution in [-0.4, -0.2) is 65.0 Å². The molecule has 41 heavy (non-hydrogen) atoms. The first-order valence-electron chi connectivity index (χ1n) is 13.1. The van der Waals surface area contributed by atoms with E-state index in [1.807, 2.05) is 0 Å². The number of nitrogens with zero attached hydrogens (tertiary/aromatic N) is 3. The summed E-state index contributed by atoms with van der Waals surface area (Å²) in [5, 5.41) is 4.01. The number of hydrogen-bond donors (Lipinski definition) is 2. The Morgan fingerprint density at radius 2 is 1.88 bits per heavy atom. The van der Waals surface area contributed by atoms with Gasteiger partial charge in [-0.2, -0.15) is 0 Å². The molecule has 2 heterocycles. The zero-order chi connectivity index (χ0) is 29.3. The number of carbonyl (C=O) groups excluding carboxylic acids is 2. The maximum Gasteiger partial charge on any atom is 0.438 e. The maximum atomic E-state index is 14.3. The number of sulfonamides is 1. The van der Waals surface area contributed by atoms with Crippen molar-refractivity contribution in [2.24, 2.45) is 0 Å². The molecule has 1 fully saturated rings. The first-order valence-corrected chi connectivity index (χ1v) is 15.4. The lowest BCUT2D eigenvalue weighted by atomic mass is 9.76. The first-order chi connectivity index (χ1) is 19.6. The number of aromatic nitrogens is 2. The molecule has 2 N–H and O–H groups in total. The number of hydrogen-bond acceptors (Lipinski definition) is 8. The molecule has 0 radical (unpaired) electrons. The van der Waals surface area contributed by atoms with Gasteiger partial charge < -0.3 is 4.90 Å². The van der Waals surface area contributed by atoms with Gasteiger partial charge in [-0.15, -0.1) is 0 Å². The summed E-state index contributed by atoms with van der Waals surface area (Å²) in [5.41, 5.74) is 3.96. The lowest BCUT2D eigenvalue weighted by Crippen LogP contribution is -2.59. The molecule has 12 nitrogen and oxygen atoms in total. The fourth-order valence-electron chi connectivity index (χ4n) is 5.86. The topological polar surface area (TPSA) is 155 Å². The molecule has 5 rings (SSSR count).